The molecule has 0 amide bonds. The number of carbonyl (C=O) groups is 1. The fourth-order valence-corrected chi connectivity index (χ4v) is 2.44. The van der Waals surface area contributed by atoms with Crippen molar-refractivity contribution in [1.29, 1.82) is 0 Å². The van der Waals surface area contributed by atoms with Gasteiger partial charge in [-0.2, -0.15) is 0 Å². The topological polar surface area (TPSA) is 40.5 Å². The average Bonchev–Trinajstić information content (AvgIpc) is 2.46. The van der Waals surface area contributed by atoms with Gasteiger partial charge in [-0.1, -0.05) is 56.3 Å². The smallest absolute Gasteiger partial charge is 0.307 e. The molecule has 1 atom stereocenters. The van der Waals surface area contributed by atoms with Gasteiger partial charge in [0, 0.05) is 13.1 Å². The molecule has 0 saturated heterocycles. The van der Waals surface area contributed by atoms with E-state index in [0.717, 1.165) is 13.1 Å². The van der Waals surface area contributed by atoms with E-state index in [9.17, 15) is 4.79 Å². The number of benzene rings is 2. The Labute approximate surface area is 119 Å². The molecule has 0 spiro atoms. The van der Waals surface area contributed by atoms with Crippen LogP contribution in [0.1, 0.15) is 19.4 Å². The van der Waals surface area contributed by atoms with E-state index in [1.54, 1.807) is 6.92 Å². The van der Waals surface area contributed by atoms with Gasteiger partial charge in [-0.25, -0.2) is 0 Å². The molecule has 106 valence electrons. The van der Waals surface area contributed by atoms with Crippen LogP contribution in [0.25, 0.3) is 10.8 Å². The van der Waals surface area contributed by atoms with Crippen LogP contribution in [0.2, 0.25) is 0 Å². The highest BCUT2D eigenvalue weighted by molar-refractivity contribution is 5.85. The average molecular weight is 271 g/mol. The highest BCUT2D eigenvalue weighted by atomic mass is 16.4. The third-order valence-electron chi connectivity index (χ3n) is 3.67. The fourth-order valence-electron chi connectivity index (χ4n) is 2.44. The van der Waals surface area contributed by atoms with Crippen molar-refractivity contribution < 1.29 is 9.90 Å². The second-order valence-corrected chi connectivity index (χ2v) is 5.21. The minimum Gasteiger partial charge on any atom is -0.481 e. The van der Waals surface area contributed by atoms with E-state index in [-0.39, 0.29) is 5.92 Å². The molecule has 0 fully saturated rings. The van der Waals surface area contributed by atoms with Gasteiger partial charge in [0.25, 0.3) is 0 Å². The lowest BCUT2D eigenvalue weighted by molar-refractivity contribution is -0.141. The summed E-state index contributed by atoms with van der Waals surface area (Å²) in [7, 11) is 0. The lowest BCUT2D eigenvalue weighted by Gasteiger charge is -2.23. The van der Waals surface area contributed by atoms with Gasteiger partial charge in [-0.05, 0) is 22.9 Å². The van der Waals surface area contributed by atoms with Crippen LogP contribution in [-0.2, 0) is 11.3 Å². The third kappa shape index (κ3) is 3.36. The van der Waals surface area contributed by atoms with Gasteiger partial charge in [0.05, 0.1) is 5.92 Å². The van der Waals surface area contributed by atoms with Crippen molar-refractivity contribution in [3.63, 3.8) is 0 Å². The Hall–Kier alpha value is -1.87. The largest absolute Gasteiger partial charge is 0.481 e. The maximum atomic E-state index is 11.0. The van der Waals surface area contributed by atoms with Crippen LogP contribution in [0, 0.1) is 5.92 Å². The number of carboxylic acid groups (broad SMARTS) is 1. The van der Waals surface area contributed by atoms with Crippen molar-refractivity contribution in [2.45, 2.75) is 20.4 Å². The molecule has 1 unspecified atom stereocenters. The van der Waals surface area contributed by atoms with Crippen molar-refractivity contribution in [2.24, 2.45) is 5.92 Å². The molecule has 3 nitrogen and oxygen atoms in total. The molecule has 2 aromatic rings. The van der Waals surface area contributed by atoms with Crippen LogP contribution in [-0.4, -0.2) is 29.1 Å². The summed E-state index contributed by atoms with van der Waals surface area (Å²) < 4.78 is 0. The first-order valence-electron chi connectivity index (χ1n) is 7.03. The van der Waals surface area contributed by atoms with E-state index in [2.05, 4.69) is 42.2 Å². The minimum absolute atomic E-state index is 0.343. The van der Waals surface area contributed by atoms with Crippen LogP contribution >= 0.6 is 0 Å². The van der Waals surface area contributed by atoms with Gasteiger partial charge in [-0.15, -0.1) is 0 Å². The summed E-state index contributed by atoms with van der Waals surface area (Å²) in [4.78, 5) is 13.2. The molecule has 0 saturated carbocycles. The quantitative estimate of drug-likeness (QED) is 0.875. The maximum Gasteiger partial charge on any atom is 0.307 e. The number of carboxylic acids is 1. The van der Waals surface area contributed by atoms with Gasteiger partial charge in [0.1, 0.15) is 0 Å². The third-order valence-corrected chi connectivity index (χ3v) is 3.67. The number of rotatable bonds is 6. The Morgan fingerprint density at radius 2 is 1.90 bits per heavy atom. The second-order valence-electron chi connectivity index (χ2n) is 5.21. The number of fused-ring (bicyclic) bond motifs is 1. The Balaban J connectivity index is 2.19. The van der Waals surface area contributed by atoms with E-state index in [1.165, 1.54) is 16.3 Å². The van der Waals surface area contributed by atoms with Crippen LogP contribution < -0.4 is 0 Å². The summed E-state index contributed by atoms with van der Waals surface area (Å²) in [5.74, 6) is -1.08. The molecule has 0 aliphatic carbocycles. The lowest BCUT2D eigenvalue weighted by Crippen LogP contribution is -2.31. The second kappa shape index (κ2) is 6.53. The zero-order valence-electron chi connectivity index (χ0n) is 12.0. The molecular weight excluding hydrogens is 250 g/mol. The van der Waals surface area contributed by atoms with Gasteiger partial charge >= 0.3 is 5.97 Å². The Morgan fingerprint density at radius 1 is 1.20 bits per heavy atom. The SMILES string of the molecule is CCN(Cc1cccc2ccccc12)CC(C)C(=O)O. The number of hydrogen-bond acceptors (Lipinski definition) is 2. The monoisotopic (exact) mass is 271 g/mol. The Bertz CT molecular complexity index is 589. The van der Waals surface area contributed by atoms with E-state index in [1.807, 2.05) is 12.1 Å². The Kier molecular flexibility index (Phi) is 4.74. The molecule has 0 aromatic heterocycles. The molecule has 0 radical (unpaired) electrons. The molecule has 20 heavy (non-hydrogen) atoms. The predicted octanol–water partition coefficient (Wildman–Crippen LogP) is 3.38. The van der Waals surface area contributed by atoms with Crippen LogP contribution in [0.4, 0.5) is 0 Å². The predicted molar refractivity (Wildman–Crippen MR) is 81.7 cm³/mol. The summed E-state index contributed by atoms with van der Waals surface area (Å²) >= 11 is 0. The highest BCUT2D eigenvalue weighted by Gasteiger charge is 2.15. The van der Waals surface area contributed by atoms with Crippen molar-refractivity contribution in [3.8, 4) is 0 Å². The first-order valence-corrected chi connectivity index (χ1v) is 7.03. The minimum atomic E-state index is -0.735. The van der Waals surface area contributed by atoms with Gasteiger partial charge < -0.3 is 5.11 Å². The molecule has 0 aliphatic heterocycles. The highest BCUT2D eigenvalue weighted by Crippen LogP contribution is 2.20. The summed E-state index contributed by atoms with van der Waals surface area (Å²) in [6.07, 6.45) is 0. The molecule has 1 N–H and O–H groups in total. The molecule has 3 heteroatoms. The normalized spacial score (nSPS) is 12.8. The van der Waals surface area contributed by atoms with Crippen LogP contribution in [0.5, 0.6) is 0 Å². The van der Waals surface area contributed by atoms with Crippen molar-refractivity contribution >= 4 is 16.7 Å². The number of hydrogen-bond donors (Lipinski definition) is 1. The van der Waals surface area contributed by atoms with E-state index >= 15 is 0 Å². The number of aliphatic carboxylic acids is 1. The molecule has 2 rings (SSSR count). The Morgan fingerprint density at radius 3 is 2.60 bits per heavy atom. The van der Waals surface area contributed by atoms with Crippen molar-refractivity contribution in [1.82, 2.24) is 4.90 Å². The van der Waals surface area contributed by atoms with Crippen LogP contribution in [0.15, 0.2) is 42.5 Å². The summed E-state index contributed by atoms with van der Waals surface area (Å²) in [6.45, 7) is 6.04. The molecule has 0 aliphatic rings. The standard InChI is InChI=1S/C17H21NO2/c1-3-18(11-13(2)17(19)20)12-15-9-6-8-14-7-4-5-10-16(14)15/h4-10,13H,3,11-12H2,1-2H3,(H,19,20). The molecule has 2 aromatic carbocycles. The van der Waals surface area contributed by atoms with Crippen LogP contribution in [0.3, 0.4) is 0 Å². The van der Waals surface area contributed by atoms with Crippen molar-refractivity contribution in [2.75, 3.05) is 13.1 Å². The first kappa shape index (κ1) is 14.5. The molecule has 0 bridgehead atoms. The van der Waals surface area contributed by atoms with Crippen molar-refractivity contribution in [3.05, 3.63) is 48.0 Å². The van der Waals surface area contributed by atoms with Gasteiger partial charge in [-0.3, -0.25) is 9.69 Å². The zero-order chi connectivity index (χ0) is 14.5. The van der Waals surface area contributed by atoms with E-state index in [0.29, 0.717) is 6.54 Å². The van der Waals surface area contributed by atoms with E-state index < -0.39 is 5.97 Å². The first-order chi connectivity index (χ1) is 9.61. The van der Waals surface area contributed by atoms with Gasteiger partial charge in [0.2, 0.25) is 0 Å². The maximum absolute atomic E-state index is 11.0. The zero-order valence-corrected chi connectivity index (χ0v) is 12.0. The fraction of sp³-hybridized carbons (Fsp3) is 0.353. The summed E-state index contributed by atoms with van der Waals surface area (Å²) in [5.41, 5.74) is 1.25. The van der Waals surface area contributed by atoms with Gasteiger partial charge in [0.15, 0.2) is 0 Å². The lowest BCUT2D eigenvalue weighted by atomic mass is 10.0. The van der Waals surface area contributed by atoms with E-state index in [4.69, 9.17) is 5.11 Å². The molecular formula is C17H21NO2. The number of nitrogens with zero attached hydrogens (tertiary/aromatic N) is 1. The molecule has 0 heterocycles. The summed E-state index contributed by atoms with van der Waals surface area (Å²) in [6, 6.07) is 14.6. The summed E-state index contributed by atoms with van der Waals surface area (Å²) in [5, 5.41) is 11.5.